The zero-order chi connectivity index (χ0) is 21.6. The zero-order valence-corrected chi connectivity index (χ0v) is 17.5. The molecule has 31 heavy (non-hydrogen) atoms. The Hall–Kier alpha value is -3.26. The second kappa shape index (κ2) is 9.70. The van der Waals surface area contributed by atoms with Crippen LogP contribution in [0, 0.1) is 5.92 Å². The van der Waals surface area contributed by atoms with Gasteiger partial charge in [-0.05, 0) is 43.0 Å². The maximum atomic E-state index is 11.8. The normalized spacial score (nSPS) is 15.4. The fourth-order valence-electron chi connectivity index (χ4n) is 4.02. The molecule has 4 rings (SSSR count). The van der Waals surface area contributed by atoms with Crippen LogP contribution in [0.15, 0.2) is 42.7 Å². The van der Waals surface area contributed by atoms with E-state index in [1.807, 2.05) is 18.2 Å². The van der Waals surface area contributed by atoms with E-state index in [0.717, 1.165) is 23.7 Å². The van der Waals surface area contributed by atoms with Crippen molar-refractivity contribution in [2.45, 2.75) is 38.1 Å². The van der Waals surface area contributed by atoms with Gasteiger partial charge in [0.15, 0.2) is 0 Å². The molecular formula is C23H27N5O3. The van der Waals surface area contributed by atoms with Crippen LogP contribution in [0.2, 0.25) is 0 Å². The molecule has 1 saturated carbocycles. The van der Waals surface area contributed by atoms with E-state index in [-0.39, 0.29) is 24.2 Å². The lowest BCUT2D eigenvalue weighted by molar-refractivity contribution is 0.0958. The molecule has 1 aliphatic carbocycles. The number of anilines is 1. The van der Waals surface area contributed by atoms with Crippen molar-refractivity contribution in [2.24, 2.45) is 5.92 Å². The average molecular weight is 422 g/mol. The van der Waals surface area contributed by atoms with Gasteiger partial charge in [0.1, 0.15) is 17.2 Å². The summed E-state index contributed by atoms with van der Waals surface area (Å²) in [6.07, 6.45) is 9.24. The van der Waals surface area contributed by atoms with Gasteiger partial charge in [0.2, 0.25) is 5.95 Å². The van der Waals surface area contributed by atoms with Crippen molar-refractivity contribution in [1.82, 2.24) is 20.3 Å². The van der Waals surface area contributed by atoms with E-state index in [4.69, 9.17) is 4.74 Å². The number of carbonyl (C=O) groups is 1. The summed E-state index contributed by atoms with van der Waals surface area (Å²) in [6.45, 7) is 0.0722. The molecule has 1 atom stereocenters. The number of carbonyl (C=O) groups excluding carboxylic acids is 1. The third-order valence-electron chi connectivity index (χ3n) is 5.71. The average Bonchev–Trinajstić information content (AvgIpc) is 2.82. The maximum absolute atomic E-state index is 11.8. The monoisotopic (exact) mass is 421 g/mol. The molecule has 1 aliphatic rings. The van der Waals surface area contributed by atoms with Crippen molar-refractivity contribution in [3.8, 4) is 11.5 Å². The summed E-state index contributed by atoms with van der Waals surface area (Å²) in [7, 11) is 1.56. The molecule has 0 radical (unpaired) electrons. The number of nitrogens with zero attached hydrogens (tertiary/aromatic N) is 3. The first-order valence-electron chi connectivity index (χ1n) is 10.7. The summed E-state index contributed by atoms with van der Waals surface area (Å²) in [5.41, 5.74) is 1.07. The van der Waals surface area contributed by atoms with Crippen molar-refractivity contribution in [1.29, 1.82) is 0 Å². The summed E-state index contributed by atoms with van der Waals surface area (Å²) in [5.74, 6) is 1.84. The lowest BCUT2D eigenvalue weighted by atomic mass is 9.84. The Morgan fingerprint density at radius 3 is 2.74 bits per heavy atom. The highest BCUT2D eigenvalue weighted by Gasteiger charge is 2.23. The van der Waals surface area contributed by atoms with Gasteiger partial charge in [-0.25, -0.2) is 9.97 Å². The topological polar surface area (TPSA) is 109 Å². The lowest BCUT2D eigenvalue weighted by Gasteiger charge is -2.29. The second-order valence-electron chi connectivity index (χ2n) is 7.80. The molecule has 0 unspecified atom stereocenters. The highest BCUT2D eigenvalue weighted by molar-refractivity contribution is 5.92. The van der Waals surface area contributed by atoms with Crippen LogP contribution in [0.4, 0.5) is 5.95 Å². The highest BCUT2D eigenvalue weighted by Crippen LogP contribution is 2.29. The molecule has 0 bridgehead atoms. The van der Waals surface area contributed by atoms with E-state index in [1.54, 1.807) is 25.4 Å². The molecule has 2 aromatic heterocycles. The zero-order valence-electron chi connectivity index (χ0n) is 17.5. The summed E-state index contributed by atoms with van der Waals surface area (Å²) in [4.78, 5) is 24.8. The van der Waals surface area contributed by atoms with Crippen LogP contribution in [0.3, 0.4) is 0 Å². The van der Waals surface area contributed by atoms with Crippen molar-refractivity contribution in [3.05, 3.63) is 48.4 Å². The smallest absolute Gasteiger partial charge is 0.269 e. The molecule has 1 aromatic carbocycles. The van der Waals surface area contributed by atoms with Crippen LogP contribution in [0.1, 0.15) is 42.6 Å². The summed E-state index contributed by atoms with van der Waals surface area (Å²) in [6, 6.07) is 8.80. The molecule has 2 heterocycles. The number of ether oxygens (including phenoxy) is 1. The predicted molar refractivity (Wildman–Crippen MR) is 118 cm³/mol. The maximum Gasteiger partial charge on any atom is 0.269 e. The minimum absolute atomic E-state index is 0.0263. The lowest BCUT2D eigenvalue weighted by Crippen LogP contribution is -2.34. The number of amides is 1. The summed E-state index contributed by atoms with van der Waals surface area (Å²) >= 11 is 0. The Morgan fingerprint density at radius 1 is 1.16 bits per heavy atom. The number of fused-ring (bicyclic) bond motifs is 1. The molecule has 0 spiro atoms. The molecule has 162 valence electrons. The van der Waals surface area contributed by atoms with E-state index < -0.39 is 0 Å². The SMILES string of the molecule is CNC(=O)c1cc(Oc2ccc3nc(N[C@H](CO)C4CCCCC4)ncc3c2)ccn1. The number of rotatable bonds is 7. The van der Waals surface area contributed by atoms with Crippen molar-refractivity contribution >= 4 is 22.8 Å². The Kier molecular flexibility index (Phi) is 6.57. The van der Waals surface area contributed by atoms with E-state index in [1.165, 1.54) is 25.5 Å². The van der Waals surface area contributed by atoms with Gasteiger partial charge in [-0.3, -0.25) is 9.78 Å². The molecule has 8 nitrogen and oxygen atoms in total. The van der Waals surface area contributed by atoms with Crippen LogP contribution in [-0.2, 0) is 0 Å². The minimum Gasteiger partial charge on any atom is -0.457 e. The van der Waals surface area contributed by atoms with Crippen LogP contribution in [-0.4, -0.2) is 45.7 Å². The molecule has 1 amide bonds. The van der Waals surface area contributed by atoms with E-state index in [2.05, 4.69) is 25.6 Å². The first kappa shape index (κ1) is 21.0. The van der Waals surface area contributed by atoms with Gasteiger partial charge in [-0.15, -0.1) is 0 Å². The molecular weight excluding hydrogens is 394 g/mol. The van der Waals surface area contributed by atoms with Gasteiger partial charge < -0.3 is 20.5 Å². The number of hydrogen-bond acceptors (Lipinski definition) is 7. The van der Waals surface area contributed by atoms with Crippen LogP contribution in [0.5, 0.6) is 11.5 Å². The predicted octanol–water partition coefficient (Wildman–Crippen LogP) is 3.53. The first-order valence-corrected chi connectivity index (χ1v) is 10.7. The fourth-order valence-corrected chi connectivity index (χ4v) is 4.02. The van der Waals surface area contributed by atoms with E-state index >= 15 is 0 Å². The minimum atomic E-state index is -0.271. The molecule has 0 aliphatic heterocycles. The van der Waals surface area contributed by atoms with Crippen LogP contribution < -0.4 is 15.4 Å². The van der Waals surface area contributed by atoms with E-state index in [9.17, 15) is 9.90 Å². The molecule has 8 heteroatoms. The Morgan fingerprint density at radius 2 is 1.97 bits per heavy atom. The van der Waals surface area contributed by atoms with Gasteiger partial charge in [0.25, 0.3) is 5.91 Å². The largest absolute Gasteiger partial charge is 0.457 e. The quantitative estimate of drug-likeness (QED) is 0.535. The first-order chi connectivity index (χ1) is 15.2. The standard InChI is InChI=1S/C23H27N5O3/c1-24-22(30)20-12-18(9-10-25-20)31-17-7-8-19-16(11-17)13-26-23(27-19)28-21(14-29)15-5-3-2-4-6-15/h7-13,15,21,29H,2-6,14H2,1H3,(H,24,30)(H,26,27,28)/t21-/m1/s1. The Bertz CT molecular complexity index is 1050. The molecule has 3 aromatic rings. The van der Waals surface area contributed by atoms with Gasteiger partial charge in [0, 0.05) is 30.9 Å². The number of benzene rings is 1. The Balaban J connectivity index is 1.48. The van der Waals surface area contributed by atoms with Gasteiger partial charge in [-0.1, -0.05) is 19.3 Å². The third kappa shape index (κ3) is 5.08. The summed E-state index contributed by atoms with van der Waals surface area (Å²) < 4.78 is 5.89. The van der Waals surface area contributed by atoms with Gasteiger partial charge >= 0.3 is 0 Å². The summed E-state index contributed by atoms with van der Waals surface area (Å²) in [5, 5.41) is 16.5. The number of nitrogens with one attached hydrogen (secondary N) is 2. The van der Waals surface area contributed by atoms with Crippen molar-refractivity contribution < 1.29 is 14.6 Å². The third-order valence-corrected chi connectivity index (χ3v) is 5.71. The number of aliphatic hydroxyl groups is 1. The Labute approximate surface area is 181 Å². The van der Waals surface area contributed by atoms with E-state index in [0.29, 0.717) is 23.4 Å². The number of aliphatic hydroxyl groups excluding tert-OH is 1. The van der Waals surface area contributed by atoms with Gasteiger partial charge in [0.05, 0.1) is 18.2 Å². The number of aromatic nitrogens is 3. The molecule has 0 saturated heterocycles. The molecule has 3 N–H and O–H groups in total. The second-order valence-corrected chi connectivity index (χ2v) is 7.80. The van der Waals surface area contributed by atoms with Crippen molar-refractivity contribution in [3.63, 3.8) is 0 Å². The fraction of sp³-hybridized carbons (Fsp3) is 0.391. The van der Waals surface area contributed by atoms with Crippen LogP contribution >= 0.6 is 0 Å². The van der Waals surface area contributed by atoms with Gasteiger partial charge in [-0.2, -0.15) is 0 Å². The number of hydrogen-bond donors (Lipinski definition) is 3. The highest BCUT2D eigenvalue weighted by atomic mass is 16.5. The molecule has 1 fully saturated rings. The van der Waals surface area contributed by atoms with Crippen molar-refractivity contribution in [2.75, 3.05) is 19.0 Å². The van der Waals surface area contributed by atoms with Crippen LogP contribution in [0.25, 0.3) is 10.9 Å². The number of pyridine rings is 1.